The van der Waals surface area contributed by atoms with Gasteiger partial charge in [-0.25, -0.2) is 9.37 Å². The molecule has 1 aliphatic heterocycles. The van der Waals surface area contributed by atoms with Gasteiger partial charge >= 0.3 is 0 Å². The number of anilines is 1. The van der Waals surface area contributed by atoms with E-state index in [2.05, 4.69) is 15.2 Å². The second kappa shape index (κ2) is 8.92. The van der Waals surface area contributed by atoms with E-state index in [0.717, 1.165) is 11.4 Å². The fourth-order valence-corrected chi connectivity index (χ4v) is 3.08. The van der Waals surface area contributed by atoms with Crippen molar-refractivity contribution in [2.45, 2.75) is 19.1 Å². The predicted molar refractivity (Wildman–Crippen MR) is 100 cm³/mol. The molecule has 2 aromatic rings. The van der Waals surface area contributed by atoms with Crippen LogP contribution in [-0.2, 0) is 9.47 Å². The molecule has 1 aliphatic rings. The summed E-state index contributed by atoms with van der Waals surface area (Å²) in [6, 6.07) is 9.98. The van der Waals surface area contributed by atoms with E-state index in [9.17, 15) is 9.18 Å². The number of carbonyl (C=O) groups excluding carboxylic acids is 1. The van der Waals surface area contributed by atoms with Crippen LogP contribution in [0.3, 0.4) is 0 Å². The Hall–Kier alpha value is -2.51. The van der Waals surface area contributed by atoms with Crippen LogP contribution in [0, 0.1) is 5.82 Å². The second-order valence-corrected chi connectivity index (χ2v) is 6.55. The minimum Gasteiger partial charge on any atom is -0.383 e. The molecule has 1 amide bonds. The largest absolute Gasteiger partial charge is 0.383 e. The Bertz CT molecular complexity index is 752. The lowest BCUT2D eigenvalue weighted by atomic mass is 10.1. The maximum atomic E-state index is 13.2. The van der Waals surface area contributed by atoms with Crippen LogP contribution in [0.2, 0.25) is 0 Å². The smallest absolute Gasteiger partial charge is 0.252 e. The van der Waals surface area contributed by atoms with Crippen LogP contribution >= 0.6 is 0 Å². The fourth-order valence-electron chi connectivity index (χ4n) is 3.08. The molecule has 2 heterocycles. The van der Waals surface area contributed by atoms with Gasteiger partial charge in [-0.05, 0) is 36.8 Å². The van der Waals surface area contributed by atoms with Crippen LogP contribution in [0.1, 0.15) is 28.9 Å². The summed E-state index contributed by atoms with van der Waals surface area (Å²) < 4.78 is 24.1. The molecular formula is C20H24FN3O3. The molecule has 1 saturated heterocycles. The first-order chi connectivity index (χ1) is 13.1. The average Bonchev–Trinajstić information content (AvgIpc) is 2.68. The molecule has 0 bridgehead atoms. The monoisotopic (exact) mass is 373 g/mol. The number of amides is 1. The van der Waals surface area contributed by atoms with Gasteiger partial charge in [0.25, 0.3) is 5.91 Å². The van der Waals surface area contributed by atoms with Crippen molar-refractivity contribution in [1.29, 1.82) is 0 Å². The predicted octanol–water partition coefficient (Wildman–Crippen LogP) is 2.56. The Balaban J connectivity index is 1.67. The van der Waals surface area contributed by atoms with E-state index in [0.29, 0.717) is 31.8 Å². The number of rotatable bonds is 6. The number of pyridine rings is 1. The number of methoxy groups -OCH3 is 1. The average molecular weight is 373 g/mol. The molecular weight excluding hydrogens is 349 g/mol. The van der Waals surface area contributed by atoms with Gasteiger partial charge in [0, 0.05) is 32.9 Å². The lowest BCUT2D eigenvalue weighted by molar-refractivity contribution is -0.0176. The molecule has 0 saturated carbocycles. The van der Waals surface area contributed by atoms with Crippen LogP contribution in [0.25, 0.3) is 0 Å². The number of aromatic nitrogens is 1. The molecule has 27 heavy (non-hydrogen) atoms. The van der Waals surface area contributed by atoms with Crippen molar-refractivity contribution >= 4 is 11.7 Å². The van der Waals surface area contributed by atoms with Crippen molar-refractivity contribution in [2.24, 2.45) is 0 Å². The highest BCUT2D eigenvalue weighted by Gasteiger charge is 2.27. The number of nitrogens with zero attached hydrogens (tertiary/aromatic N) is 2. The van der Waals surface area contributed by atoms with E-state index in [-0.39, 0.29) is 23.9 Å². The van der Waals surface area contributed by atoms with Gasteiger partial charge in [-0.3, -0.25) is 4.79 Å². The fraction of sp³-hybridized carbons (Fsp3) is 0.400. The first-order valence-corrected chi connectivity index (χ1v) is 8.96. The number of carbonyl (C=O) groups is 1. The Morgan fingerprint density at radius 2 is 2.07 bits per heavy atom. The van der Waals surface area contributed by atoms with Crippen molar-refractivity contribution in [3.05, 3.63) is 59.5 Å². The summed E-state index contributed by atoms with van der Waals surface area (Å²) in [7, 11) is 1.59. The van der Waals surface area contributed by atoms with Crippen LogP contribution in [0.4, 0.5) is 10.2 Å². The molecule has 144 valence electrons. The Morgan fingerprint density at radius 1 is 1.30 bits per heavy atom. The van der Waals surface area contributed by atoms with E-state index in [1.54, 1.807) is 31.5 Å². The van der Waals surface area contributed by atoms with Gasteiger partial charge in [-0.2, -0.15) is 0 Å². The normalized spacial score (nSPS) is 19.7. The van der Waals surface area contributed by atoms with Gasteiger partial charge in [0.15, 0.2) is 0 Å². The molecule has 2 unspecified atom stereocenters. The molecule has 3 rings (SSSR count). The van der Waals surface area contributed by atoms with Crippen LogP contribution in [0.5, 0.6) is 0 Å². The van der Waals surface area contributed by atoms with Crippen LogP contribution in [-0.4, -0.2) is 50.3 Å². The van der Waals surface area contributed by atoms with Crippen molar-refractivity contribution < 1.29 is 18.7 Å². The third kappa shape index (κ3) is 5.02. The maximum Gasteiger partial charge on any atom is 0.252 e. The molecule has 0 aliphatic carbocycles. The highest BCUT2D eigenvalue weighted by molar-refractivity contribution is 5.94. The van der Waals surface area contributed by atoms with Crippen molar-refractivity contribution in [3.8, 4) is 0 Å². The topological polar surface area (TPSA) is 63.7 Å². The Labute approximate surface area is 158 Å². The summed E-state index contributed by atoms with van der Waals surface area (Å²) in [6.45, 7) is 4.23. The van der Waals surface area contributed by atoms with E-state index >= 15 is 0 Å². The van der Waals surface area contributed by atoms with Gasteiger partial charge in [0.05, 0.1) is 18.3 Å². The third-order valence-electron chi connectivity index (χ3n) is 4.43. The van der Waals surface area contributed by atoms with Gasteiger partial charge < -0.3 is 19.7 Å². The SMILES string of the molecule is COCCNC(=O)c1ccc(N2CC(C)OC(c3ccc(F)cc3)C2)nc1. The summed E-state index contributed by atoms with van der Waals surface area (Å²) >= 11 is 0. The quantitative estimate of drug-likeness (QED) is 0.789. The zero-order chi connectivity index (χ0) is 19.2. The van der Waals surface area contributed by atoms with Gasteiger partial charge in [0.1, 0.15) is 17.7 Å². The molecule has 0 radical (unpaired) electrons. The summed E-state index contributed by atoms with van der Waals surface area (Å²) in [5, 5.41) is 2.77. The highest BCUT2D eigenvalue weighted by Crippen LogP contribution is 2.28. The molecule has 1 aromatic carbocycles. The number of benzene rings is 1. The lowest BCUT2D eigenvalue weighted by Crippen LogP contribution is -2.43. The zero-order valence-corrected chi connectivity index (χ0v) is 15.5. The molecule has 1 fully saturated rings. The molecule has 7 heteroatoms. The molecule has 0 spiro atoms. The van der Waals surface area contributed by atoms with Crippen molar-refractivity contribution in [1.82, 2.24) is 10.3 Å². The minimum atomic E-state index is -0.263. The third-order valence-corrected chi connectivity index (χ3v) is 4.43. The summed E-state index contributed by atoms with van der Waals surface area (Å²) in [4.78, 5) is 18.6. The molecule has 1 aromatic heterocycles. The van der Waals surface area contributed by atoms with Crippen molar-refractivity contribution in [2.75, 3.05) is 38.3 Å². The first-order valence-electron chi connectivity index (χ1n) is 8.96. The van der Waals surface area contributed by atoms with E-state index in [1.807, 2.05) is 13.0 Å². The Kier molecular flexibility index (Phi) is 6.36. The number of nitrogens with one attached hydrogen (secondary N) is 1. The van der Waals surface area contributed by atoms with Crippen molar-refractivity contribution in [3.63, 3.8) is 0 Å². The van der Waals surface area contributed by atoms with E-state index in [4.69, 9.17) is 9.47 Å². The number of morpholine rings is 1. The first kappa shape index (κ1) is 19.3. The molecule has 2 atom stereocenters. The summed E-state index contributed by atoms with van der Waals surface area (Å²) in [5.41, 5.74) is 1.44. The van der Waals surface area contributed by atoms with E-state index in [1.165, 1.54) is 12.1 Å². The minimum absolute atomic E-state index is 0.00706. The number of halogens is 1. The molecule has 6 nitrogen and oxygen atoms in total. The van der Waals surface area contributed by atoms with Crippen LogP contribution < -0.4 is 10.2 Å². The standard InChI is InChI=1S/C20H24FN3O3/c1-14-12-24(13-18(27-14)15-3-6-17(21)7-4-15)19-8-5-16(11-23-19)20(25)22-9-10-26-2/h3-8,11,14,18H,9-10,12-13H2,1-2H3,(H,22,25). The van der Waals surface area contributed by atoms with Gasteiger partial charge in [-0.15, -0.1) is 0 Å². The summed E-state index contributed by atoms with van der Waals surface area (Å²) in [6.07, 6.45) is 1.42. The number of ether oxygens (including phenoxy) is 2. The summed E-state index contributed by atoms with van der Waals surface area (Å²) in [5.74, 6) is 0.344. The molecule has 1 N–H and O–H groups in total. The second-order valence-electron chi connectivity index (χ2n) is 6.55. The maximum absolute atomic E-state index is 13.2. The highest BCUT2D eigenvalue weighted by atomic mass is 19.1. The van der Waals surface area contributed by atoms with Gasteiger partial charge in [0.2, 0.25) is 0 Å². The Morgan fingerprint density at radius 3 is 2.74 bits per heavy atom. The zero-order valence-electron chi connectivity index (χ0n) is 15.5. The lowest BCUT2D eigenvalue weighted by Gasteiger charge is -2.37. The number of hydrogen-bond donors (Lipinski definition) is 1. The van der Waals surface area contributed by atoms with Crippen LogP contribution in [0.15, 0.2) is 42.6 Å². The van der Waals surface area contributed by atoms with Gasteiger partial charge in [-0.1, -0.05) is 12.1 Å². The van der Waals surface area contributed by atoms with E-state index < -0.39 is 0 Å². The number of hydrogen-bond acceptors (Lipinski definition) is 5.